The fraction of sp³-hybridized carbons (Fsp3) is 0.300. The Bertz CT molecular complexity index is 425. The largest absolute Gasteiger partial charge is 0.491 e. The van der Waals surface area contributed by atoms with Crippen molar-refractivity contribution in [3.8, 4) is 5.75 Å². The minimum atomic E-state index is -0.438. The van der Waals surface area contributed by atoms with Gasteiger partial charge in [-0.05, 0) is 25.1 Å². The van der Waals surface area contributed by atoms with Crippen molar-refractivity contribution < 1.29 is 9.84 Å². The quantitative estimate of drug-likeness (QED) is 0.841. The van der Waals surface area contributed by atoms with Gasteiger partial charge in [-0.3, -0.25) is 0 Å². The number of aliphatic hydroxyl groups excluding tert-OH is 1. The SMILES string of the molecule is CC(O)COc1ccc2ncsc2c1. The average Bonchev–Trinajstić information content (AvgIpc) is 2.61. The van der Waals surface area contributed by atoms with Gasteiger partial charge in [-0.2, -0.15) is 0 Å². The molecule has 0 saturated heterocycles. The van der Waals surface area contributed by atoms with Crippen LogP contribution >= 0.6 is 11.3 Å². The van der Waals surface area contributed by atoms with E-state index in [1.54, 1.807) is 18.3 Å². The highest BCUT2D eigenvalue weighted by atomic mass is 32.1. The lowest BCUT2D eigenvalue weighted by molar-refractivity contribution is 0.123. The highest BCUT2D eigenvalue weighted by Gasteiger charge is 2.01. The number of rotatable bonds is 3. The van der Waals surface area contributed by atoms with Crippen LogP contribution < -0.4 is 4.74 Å². The smallest absolute Gasteiger partial charge is 0.121 e. The maximum Gasteiger partial charge on any atom is 0.121 e. The zero-order chi connectivity index (χ0) is 9.97. The molecule has 0 saturated carbocycles. The molecule has 1 atom stereocenters. The van der Waals surface area contributed by atoms with Crippen LogP contribution in [0.15, 0.2) is 23.7 Å². The topological polar surface area (TPSA) is 42.4 Å². The molecule has 1 unspecified atom stereocenters. The van der Waals surface area contributed by atoms with Gasteiger partial charge in [0.15, 0.2) is 0 Å². The Hall–Kier alpha value is -1.13. The minimum Gasteiger partial charge on any atom is -0.491 e. The predicted octanol–water partition coefficient (Wildman–Crippen LogP) is 2.06. The van der Waals surface area contributed by atoms with Crippen molar-refractivity contribution in [1.82, 2.24) is 4.98 Å². The van der Waals surface area contributed by atoms with Crippen molar-refractivity contribution in [1.29, 1.82) is 0 Å². The van der Waals surface area contributed by atoms with Crippen LogP contribution in [-0.2, 0) is 0 Å². The molecule has 3 nitrogen and oxygen atoms in total. The molecular formula is C10H11NO2S. The number of hydrogen-bond acceptors (Lipinski definition) is 4. The van der Waals surface area contributed by atoms with Crippen molar-refractivity contribution in [3.05, 3.63) is 23.7 Å². The van der Waals surface area contributed by atoms with Crippen LogP contribution in [0.25, 0.3) is 10.2 Å². The molecule has 4 heteroatoms. The molecule has 2 aromatic rings. The lowest BCUT2D eigenvalue weighted by Crippen LogP contribution is -2.12. The molecule has 14 heavy (non-hydrogen) atoms. The van der Waals surface area contributed by atoms with E-state index in [1.807, 2.05) is 23.7 Å². The second-order valence-electron chi connectivity index (χ2n) is 3.14. The summed E-state index contributed by atoms with van der Waals surface area (Å²) in [6.07, 6.45) is -0.438. The summed E-state index contributed by atoms with van der Waals surface area (Å²) >= 11 is 1.58. The molecule has 0 aliphatic rings. The van der Waals surface area contributed by atoms with Gasteiger partial charge >= 0.3 is 0 Å². The molecule has 0 aliphatic carbocycles. The van der Waals surface area contributed by atoms with Crippen molar-refractivity contribution in [2.24, 2.45) is 0 Å². The summed E-state index contributed by atoms with van der Waals surface area (Å²) in [6, 6.07) is 5.73. The van der Waals surface area contributed by atoms with E-state index in [0.29, 0.717) is 6.61 Å². The molecule has 0 bridgehead atoms. The zero-order valence-electron chi connectivity index (χ0n) is 7.80. The van der Waals surface area contributed by atoms with Crippen LogP contribution in [0, 0.1) is 0 Å². The summed E-state index contributed by atoms with van der Waals surface area (Å²) in [4.78, 5) is 4.17. The van der Waals surface area contributed by atoms with Gasteiger partial charge < -0.3 is 9.84 Å². The molecule has 1 aromatic heterocycles. The molecular weight excluding hydrogens is 198 g/mol. The van der Waals surface area contributed by atoms with Crippen molar-refractivity contribution in [2.75, 3.05) is 6.61 Å². The van der Waals surface area contributed by atoms with Crippen molar-refractivity contribution in [2.45, 2.75) is 13.0 Å². The summed E-state index contributed by atoms with van der Waals surface area (Å²) in [5, 5.41) is 9.05. The number of aromatic nitrogens is 1. The third kappa shape index (κ3) is 2.02. The lowest BCUT2D eigenvalue weighted by atomic mass is 10.3. The Kier molecular flexibility index (Phi) is 2.65. The van der Waals surface area contributed by atoms with E-state index in [1.165, 1.54) is 0 Å². The van der Waals surface area contributed by atoms with Gasteiger partial charge in [0.05, 0.1) is 21.8 Å². The standard InChI is InChI=1S/C10H11NO2S/c1-7(12)5-13-8-2-3-9-10(4-8)14-6-11-9/h2-4,6-7,12H,5H2,1H3. The van der Waals surface area contributed by atoms with Gasteiger partial charge in [0, 0.05) is 0 Å². The minimum absolute atomic E-state index is 0.324. The Balaban J connectivity index is 2.17. The second kappa shape index (κ2) is 3.94. The van der Waals surface area contributed by atoms with E-state index in [4.69, 9.17) is 9.84 Å². The molecule has 0 fully saturated rings. The number of ether oxygens (including phenoxy) is 1. The number of nitrogens with zero attached hydrogens (tertiary/aromatic N) is 1. The predicted molar refractivity (Wildman–Crippen MR) is 56.8 cm³/mol. The Labute approximate surface area is 86.0 Å². The Morgan fingerprint density at radius 3 is 3.21 bits per heavy atom. The van der Waals surface area contributed by atoms with Crippen LogP contribution in [0.4, 0.5) is 0 Å². The van der Waals surface area contributed by atoms with E-state index in [-0.39, 0.29) is 0 Å². The zero-order valence-corrected chi connectivity index (χ0v) is 8.62. The van der Waals surface area contributed by atoms with E-state index in [2.05, 4.69) is 4.98 Å². The van der Waals surface area contributed by atoms with E-state index in [0.717, 1.165) is 16.0 Å². The Morgan fingerprint density at radius 2 is 2.43 bits per heavy atom. The van der Waals surface area contributed by atoms with Crippen LogP contribution in [-0.4, -0.2) is 22.8 Å². The van der Waals surface area contributed by atoms with Crippen molar-refractivity contribution in [3.63, 3.8) is 0 Å². The average molecular weight is 209 g/mol. The molecule has 74 valence electrons. The van der Waals surface area contributed by atoms with E-state index < -0.39 is 6.10 Å². The fourth-order valence-electron chi connectivity index (χ4n) is 1.14. The van der Waals surface area contributed by atoms with Crippen LogP contribution in [0.1, 0.15) is 6.92 Å². The highest BCUT2D eigenvalue weighted by Crippen LogP contribution is 2.23. The first kappa shape index (κ1) is 9.43. The van der Waals surface area contributed by atoms with E-state index in [9.17, 15) is 0 Å². The normalized spacial score (nSPS) is 13.0. The molecule has 1 heterocycles. The number of aliphatic hydroxyl groups is 1. The third-order valence-corrected chi connectivity index (χ3v) is 2.59. The Morgan fingerprint density at radius 1 is 1.57 bits per heavy atom. The highest BCUT2D eigenvalue weighted by molar-refractivity contribution is 7.16. The number of fused-ring (bicyclic) bond motifs is 1. The van der Waals surface area contributed by atoms with Gasteiger partial charge in [-0.25, -0.2) is 4.98 Å². The first-order valence-electron chi connectivity index (χ1n) is 4.40. The third-order valence-electron chi connectivity index (χ3n) is 1.79. The van der Waals surface area contributed by atoms with Crippen molar-refractivity contribution >= 4 is 21.6 Å². The van der Waals surface area contributed by atoms with Crippen LogP contribution in [0.2, 0.25) is 0 Å². The molecule has 1 aromatic carbocycles. The van der Waals surface area contributed by atoms with Gasteiger partial charge in [-0.15, -0.1) is 11.3 Å². The summed E-state index contributed by atoms with van der Waals surface area (Å²) < 4.78 is 6.48. The molecule has 0 aliphatic heterocycles. The molecule has 0 radical (unpaired) electrons. The van der Waals surface area contributed by atoms with Gasteiger partial charge in [-0.1, -0.05) is 0 Å². The molecule has 1 N–H and O–H groups in total. The molecule has 0 amide bonds. The summed E-state index contributed by atoms with van der Waals surface area (Å²) in [7, 11) is 0. The summed E-state index contributed by atoms with van der Waals surface area (Å²) in [5.41, 5.74) is 2.79. The maximum atomic E-state index is 9.05. The lowest BCUT2D eigenvalue weighted by Gasteiger charge is -2.07. The van der Waals surface area contributed by atoms with Gasteiger partial charge in [0.25, 0.3) is 0 Å². The van der Waals surface area contributed by atoms with Crippen LogP contribution in [0.3, 0.4) is 0 Å². The second-order valence-corrected chi connectivity index (χ2v) is 4.03. The van der Waals surface area contributed by atoms with Crippen LogP contribution in [0.5, 0.6) is 5.75 Å². The molecule has 0 spiro atoms. The molecule has 2 rings (SSSR count). The van der Waals surface area contributed by atoms with Gasteiger partial charge in [0.2, 0.25) is 0 Å². The first-order valence-corrected chi connectivity index (χ1v) is 5.28. The monoisotopic (exact) mass is 209 g/mol. The van der Waals surface area contributed by atoms with E-state index >= 15 is 0 Å². The maximum absolute atomic E-state index is 9.05. The number of benzene rings is 1. The summed E-state index contributed by atoms with van der Waals surface area (Å²) in [5.74, 6) is 0.780. The number of thiazole rings is 1. The number of hydrogen-bond donors (Lipinski definition) is 1. The summed E-state index contributed by atoms with van der Waals surface area (Å²) in [6.45, 7) is 2.02. The fourth-order valence-corrected chi connectivity index (χ4v) is 1.85. The van der Waals surface area contributed by atoms with Gasteiger partial charge in [0.1, 0.15) is 12.4 Å². The first-order chi connectivity index (χ1) is 6.75.